The zero-order valence-electron chi connectivity index (χ0n) is 9.37. The summed E-state index contributed by atoms with van der Waals surface area (Å²) in [7, 11) is 0. The molecule has 1 aromatic carbocycles. The van der Waals surface area contributed by atoms with E-state index < -0.39 is 0 Å². The van der Waals surface area contributed by atoms with E-state index >= 15 is 0 Å². The summed E-state index contributed by atoms with van der Waals surface area (Å²) in [6.07, 6.45) is 0. The van der Waals surface area contributed by atoms with Crippen molar-refractivity contribution < 1.29 is 0 Å². The number of rotatable bonds is 1. The van der Waals surface area contributed by atoms with Gasteiger partial charge in [0.25, 0.3) is 0 Å². The second-order valence-corrected chi connectivity index (χ2v) is 5.02. The molecule has 0 atom stereocenters. The normalized spacial score (nSPS) is 11.1. The second-order valence-electron chi connectivity index (χ2n) is 4.10. The summed E-state index contributed by atoms with van der Waals surface area (Å²) in [6.45, 7) is 4.35. The highest BCUT2D eigenvalue weighted by Crippen LogP contribution is 2.34. The van der Waals surface area contributed by atoms with E-state index in [1.165, 1.54) is 32.6 Å². The van der Waals surface area contributed by atoms with Crippen LogP contribution in [0.3, 0.4) is 0 Å². The van der Waals surface area contributed by atoms with Crippen LogP contribution in [0.2, 0.25) is 0 Å². The first-order chi connectivity index (χ1) is 7.77. The molecule has 0 aliphatic carbocycles. The Balaban J connectivity index is 2.33. The van der Waals surface area contributed by atoms with E-state index in [4.69, 9.17) is 0 Å². The lowest BCUT2D eigenvalue weighted by Gasteiger charge is -1.97. The highest BCUT2D eigenvalue weighted by atomic mass is 32.1. The van der Waals surface area contributed by atoms with Crippen molar-refractivity contribution in [3.8, 4) is 10.6 Å². The van der Waals surface area contributed by atoms with Crippen LogP contribution in [0.1, 0.15) is 11.1 Å². The first kappa shape index (κ1) is 9.67. The summed E-state index contributed by atoms with van der Waals surface area (Å²) in [5.74, 6) is 0. The van der Waals surface area contributed by atoms with E-state index in [0.29, 0.717) is 0 Å². The average molecular weight is 227 g/mol. The van der Waals surface area contributed by atoms with Crippen LogP contribution < -0.4 is 0 Å². The van der Waals surface area contributed by atoms with Crippen molar-refractivity contribution in [3.05, 3.63) is 46.8 Å². The highest BCUT2D eigenvalue weighted by molar-refractivity contribution is 7.13. The molecule has 0 unspecified atom stereocenters. The summed E-state index contributed by atoms with van der Waals surface area (Å²) >= 11 is 1.80. The fourth-order valence-electron chi connectivity index (χ4n) is 2.14. The molecule has 80 valence electrons. The van der Waals surface area contributed by atoms with Crippen molar-refractivity contribution in [3.63, 3.8) is 0 Å². The lowest BCUT2D eigenvalue weighted by molar-refractivity contribution is 1.41. The van der Waals surface area contributed by atoms with Crippen molar-refractivity contribution in [1.29, 1.82) is 0 Å². The first-order valence-electron chi connectivity index (χ1n) is 5.39. The van der Waals surface area contributed by atoms with Crippen molar-refractivity contribution in [2.24, 2.45) is 0 Å². The second kappa shape index (κ2) is 3.49. The Labute approximate surface area is 98.7 Å². The Morgan fingerprint density at radius 3 is 2.56 bits per heavy atom. The molecule has 0 saturated heterocycles. The van der Waals surface area contributed by atoms with E-state index in [2.05, 4.69) is 54.5 Å². The molecule has 16 heavy (non-hydrogen) atoms. The third-order valence-electron chi connectivity index (χ3n) is 3.05. The van der Waals surface area contributed by atoms with Crippen molar-refractivity contribution in [2.75, 3.05) is 0 Å². The van der Waals surface area contributed by atoms with Gasteiger partial charge in [0.05, 0.1) is 10.6 Å². The number of para-hydroxylation sites is 1. The van der Waals surface area contributed by atoms with Crippen molar-refractivity contribution >= 4 is 22.2 Å². The predicted molar refractivity (Wildman–Crippen MR) is 71.1 cm³/mol. The average Bonchev–Trinajstić information content (AvgIpc) is 2.84. The quantitative estimate of drug-likeness (QED) is 0.629. The van der Waals surface area contributed by atoms with E-state index in [9.17, 15) is 0 Å². The number of aromatic nitrogens is 1. The number of thiophene rings is 1. The van der Waals surface area contributed by atoms with E-state index in [1.54, 1.807) is 11.3 Å². The summed E-state index contributed by atoms with van der Waals surface area (Å²) in [4.78, 5) is 4.87. The fraction of sp³-hybridized carbons (Fsp3) is 0.143. The van der Waals surface area contributed by atoms with E-state index in [0.717, 1.165) is 0 Å². The number of hydrogen-bond donors (Lipinski definition) is 1. The molecule has 0 fully saturated rings. The summed E-state index contributed by atoms with van der Waals surface area (Å²) in [5, 5.41) is 3.47. The Bertz CT molecular complexity index is 646. The molecule has 2 aromatic heterocycles. The van der Waals surface area contributed by atoms with Gasteiger partial charge in [-0.2, -0.15) is 0 Å². The van der Waals surface area contributed by atoms with Gasteiger partial charge in [-0.1, -0.05) is 18.2 Å². The van der Waals surface area contributed by atoms with Gasteiger partial charge in [-0.25, -0.2) is 0 Å². The summed E-state index contributed by atoms with van der Waals surface area (Å²) in [6, 6.07) is 10.6. The molecule has 2 heteroatoms. The Kier molecular flexibility index (Phi) is 2.11. The topological polar surface area (TPSA) is 15.8 Å². The van der Waals surface area contributed by atoms with Gasteiger partial charge in [0, 0.05) is 10.9 Å². The third-order valence-corrected chi connectivity index (χ3v) is 4.09. The monoisotopic (exact) mass is 227 g/mol. The zero-order chi connectivity index (χ0) is 11.1. The molecular weight excluding hydrogens is 214 g/mol. The lowest BCUT2D eigenvalue weighted by atomic mass is 10.1. The molecule has 0 amide bonds. The van der Waals surface area contributed by atoms with Crippen LogP contribution in [0.25, 0.3) is 21.5 Å². The standard InChI is InChI=1S/C14H13NS/c1-9-7-8-16-14(9)13-10(2)11-5-3-4-6-12(11)15-13/h3-8,15H,1-2H3. The van der Waals surface area contributed by atoms with Crippen LogP contribution in [0.15, 0.2) is 35.7 Å². The molecule has 3 aromatic rings. The molecule has 2 heterocycles. The minimum Gasteiger partial charge on any atom is -0.354 e. The Hall–Kier alpha value is -1.54. The van der Waals surface area contributed by atoms with Crippen molar-refractivity contribution in [2.45, 2.75) is 13.8 Å². The number of hydrogen-bond acceptors (Lipinski definition) is 1. The number of H-pyrrole nitrogens is 1. The van der Waals surface area contributed by atoms with Crippen LogP contribution in [-0.4, -0.2) is 4.98 Å². The smallest absolute Gasteiger partial charge is 0.0598 e. The van der Waals surface area contributed by atoms with Crippen LogP contribution in [0, 0.1) is 13.8 Å². The Morgan fingerprint density at radius 1 is 1.06 bits per heavy atom. The van der Waals surface area contributed by atoms with Crippen LogP contribution in [0.5, 0.6) is 0 Å². The molecule has 1 N–H and O–H groups in total. The first-order valence-corrected chi connectivity index (χ1v) is 6.27. The lowest BCUT2D eigenvalue weighted by Crippen LogP contribution is -1.78. The minimum absolute atomic E-state index is 1.22. The molecular formula is C14H13NS. The van der Waals surface area contributed by atoms with Crippen LogP contribution in [-0.2, 0) is 0 Å². The van der Waals surface area contributed by atoms with Gasteiger partial charge in [-0.15, -0.1) is 11.3 Å². The van der Waals surface area contributed by atoms with Crippen molar-refractivity contribution in [1.82, 2.24) is 4.98 Å². The SMILES string of the molecule is Cc1ccsc1-c1[nH]c2ccccc2c1C. The maximum atomic E-state index is 3.52. The van der Waals surface area contributed by atoms with E-state index in [1.807, 2.05) is 0 Å². The number of aryl methyl sites for hydroxylation is 2. The molecule has 0 saturated carbocycles. The highest BCUT2D eigenvalue weighted by Gasteiger charge is 2.11. The largest absolute Gasteiger partial charge is 0.354 e. The maximum Gasteiger partial charge on any atom is 0.0598 e. The van der Waals surface area contributed by atoms with Crippen LogP contribution in [0.4, 0.5) is 0 Å². The molecule has 0 aliphatic rings. The van der Waals surface area contributed by atoms with E-state index in [-0.39, 0.29) is 0 Å². The van der Waals surface area contributed by atoms with Gasteiger partial charge in [0.2, 0.25) is 0 Å². The molecule has 1 nitrogen and oxygen atoms in total. The predicted octanol–water partition coefficient (Wildman–Crippen LogP) is 4.51. The van der Waals surface area contributed by atoms with Crippen LogP contribution >= 0.6 is 11.3 Å². The molecule has 0 bridgehead atoms. The van der Waals surface area contributed by atoms with Gasteiger partial charge in [-0.05, 0) is 42.5 Å². The number of nitrogens with one attached hydrogen (secondary N) is 1. The molecule has 0 radical (unpaired) electrons. The molecule has 0 spiro atoms. The zero-order valence-corrected chi connectivity index (χ0v) is 10.2. The van der Waals surface area contributed by atoms with Gasteiger partial charge in [0.1, 0.15) is 0 Å². The van der Waals surface area contributed by atoms with Gasteiger partial charge >= 0.3 is 0 Å². The molecule has 3 rings (SSSR count). The molecule has 0 aliphatic heterocycles. The number of fused-ring (bicyclic) bond motifs is 1. The third kappa shape index (κ3) is 1.30. The van der Waals surface area contributed by atoms with Gasteiger partial charge in [0.15, 0.2) is 0 Å². The fourth-order valence-corrected chi connectivity index (χ4v) is 3.12. The number of benzene rings is 1. The van der Waals surface area contributed by atoms with Gasteiger partial charge < -0.3 is 4.98 Å². The summed E-state index contributed by atoms with van der Waals surface area (Å²) in [5.41, 5.74) is 5.19. The minimum atomic E-state index is 1.22. The summed E-state index contributed by atoms with van der Waals surface area (Å²) < 4.78 is 0. The Morgan fingerprint density at radius 2 is 1.88 bits per heavy atom. The van der Waals surface area contributed by atoms with Gasteiger partial charge in [-0.3, -0.25) is 0 Å². The number of aromatic amines is 1. The maximum absolute atomic E-state index is 3.52.